The zero-order valence-corrected chi connectivity index (χ0v) is 34.0. The Morgan fingerprint density at radius 2 is 0.792 bits per heavy atom. The zero-order chi connectivity index (χ0) is 38.4. The molecule has 53 heavy (non-hydrogen) atoms. The van der Waals surface area contributed by atoms with Gasteiger partial charge < -0.3 is 14.6 Å². The lowest BCUT2D eigenvalue weighted by Gasteiger charge is -2.15. The van der Waals surface area contributed by atoms with Gasteiger partial charge in [0.1, 0.15) is 6.10 Å². The molecule has 0 aliphatic carbocycles. The molecule has 0 aliphatic heterocycles. The quantitative estimate of drug-likeness (QED) is 0.0393. The van der Waals surface area contributed by atoms with Crippen LogP contribution in [0.25, 0.3) is 0 Å². The molecule has 0 aromatic carbocycles. The first-order valence-corrected chi connectivity index (χ1v) is 21.1. The number of rotatable bonds is 37. The molecule has 0 amide bonds. The van der Waals surface area contributed by atoms with E-state index in [9.17, 15) is 9.90 Å². The average Bonchev–Trinajstić information content (AvgIpc) is 3.16. The highest BCUT2D eigenvalue weighted by atomic mass is 16.6. The first-order chi connectivity index (χ1) is 26.2. The second-order valence-corrected chi connectivity index (χ2v) is 13.3. The van der Waals surface area contributed by atoms with Crippen LogP contribution in [0.5, 0.6) is 0 Å². The summed E-state index contributed by atoms with van der Waals surface area (Å²) < 4.78 is 11.1. The number of allylic oxidation sites excluding steroid dienone is 19. The Morgan fingerprint density at radius 1 is 0.453 bits per heavy atom. The normalized spacial score (nSPS) is 13.6. The molecule has 0 saturated carbocycles. The summed E-state index contributed by atoms with van der Waals surface area (Å²) >= 11 is 0. The Hall–Kier alpha value is -3.21. The fraction of sp³-hybridized carbons (Fsp3) is 0.571. The van der Waals surface area contributed by atoms with E-state index in [0.717, 1.165) is 77.0 Å². The van der Waals surface area contributed by atoms with Crippen LogP contribution in [-0.2, 0) is 14.3 Å². The van der Waals surface area contributed by atoms with Gasteiger partial charge >= 0.3 is 5.97 Å². The predicted octanol–water partition coefficient (Wildman–Crippen LogP) is 14.1. The number of aliphatic hydroxyl groups is 1. The van der Waals surface area contributed by atoms with Crippen molar-refractivity contribution in [3.05, 3.63) is 122 Å². The first kappa shape index (κ1) is 49.8. The van der Waals surface area contributed by atoms with Gasteiger partial charge in [-0.05, 0) is 83.5 Å². The van der Waals surface area contributed by atoms with Crippen LogP contribution in [0.2, 0.25) is 0 Å². The predicted molar refractivity (Wildman–Crippen MR) is 232 cm³/mol. The van der Waals surface area contributed by atoms with Gasteiger partial charge in [0.2, 0.25) is 0 Å². The van der Waals surface area contributed by atoms with Crippen LogP contribution in [0.3, 0.4) is 0 Å². The Morgan fingerprint density at radius 3 is 1.19 bits per heavy atom. The van der Waals surface area contributed by atoms with Gasteiger partial charge in [0.25, 0.3) is 0 Å². The maximum Gasteiger partial charge on any atom is 0.310 e. The Bertz CT molecular complexity index is 1080. The lowest BCUT2D eigenvalue weighted by Crippen LogP contribution is -2.27. The largest absolute Gasteiger partial charge is 0.457 e. The minimum Gasteiger partial charge on any atom is -0.457 e. The molecule has 0 fully saturated rings. The maximum atomic E-state index is 12.1. The fourth-order valence-corrected chi connectivity index (χ4v) is 5.25. The third-order valence-corrected chi connectivity index (χ3v) is 8.31. The van der Waals surface area contributed by atoms with Crippen LogP contribution in [0.15, 0.2) is 122 Å². The van der Waals surface area contributed by atoms with Crippen LogP contribution >= 0.6 is 0 Å². The van der Waals surface area contributed by atoms with E-state index in [1.54, 1.807) is 0 Å². The van der Waals surface area contributed by atoms with Crippen LogP contribution in [0, 0.1) is 0 Å². The Balaban J connectivity index is 3.57. The van der Waals surface area contributed by atoms with Gasteiger partial charge in [0, 0.05) is 6.61 Å². The van der Waals surface area contributed by atoms with Crippen molar-refractivity contribution in [1.29, 1.82) is 0 Å². The molecule has 0 heterocycles. The molecule has 1 unspecified atom stereocenters. The topological polar surface area (TPSA) is 55.8 Å². The van der Waals surface area contributed by atoms with Crippen LogP contribution in [0.4, 0.5) is 0 Å². The smallest absolute Gasteiger partial charge is 0.310 e. The summed E-state index contributed by atoms with van der Waals surface area (Å²) in [6.07, 6.45) is 67.1. The van der Waals surface area contributed by atoms with E-state index in [4.69, 9.17) is 9.47 Å². The monoisotopic (exact) mass is 731 g/mol. The number of unbranched alkanes of at least 4 members (excludes halogenated alkanes) is 10. The maximum absolute atomic E-state index is 12.1. The number of carbonyl (C=O) groups excluding carboxylic acids is 1. The van der Waals surface area contributed by atoms with Crippen LogP contribution in [0.1, 0.15) is 155 Å². The van der Waals surface area contributed by atoms with Crippen molar-refractivity contribution in [2.24, 2.45) is 0 Å². The lowest BCUT2D eigenvalue weighted by molar-refractivity contribution is -0.153. The molecule has 0 saturated heterocycles. The van der Waals surface area contributed by atoms with E-state index in [-0.39, 0.29) is 25.6 Å². The molecule has 0 spiro atoms. The first-order valence-electron chi connectivity index (χ1n) is 21.1. The van der Waals surface area contributed by atoms with Crippen molar-refractivity contribution < 1.29 is 19.4 Å². The van der Waals surface area contributed by atoms with Crippen LogP contribution in [-0.4, -0.2) is 37.0 Å². The summed E-state index contributed by atoms with van der Waals surface area (Å²) in [6, 6.07) is 0. The number of ether oxygens (including phenoxy) is 2. The molecule has 0 aliphatic rings. The zero-order valence-electron chi connectivity index (χ0n) is 34.0. The third-order valence-electron chi connectivity index (χ3n) is 8.31. The van der Waals surface area contributed by atoms with Gasteiger partial charge in [-0.3, -0.25) is 4.79 Å². The molecule has 298 valence electrons. The standard InChI is InChI=1S/C49H78O4/c1-3-5-7-9-11-13-15-17-19-20-21-22-23-24-25-26-27-28-29-31-33-35-37-39-41-43-45-52-47-48(46-50)53-49(51)44-42-40-38-36-34-32-30-18-16-14-12-10-8-6-4-2/h5-8,11-14,17-19,21-22,24-25,30,34,36,40,42,48,50H,3-4,9-10,15-16,20,23,26-29,31-33,35,37-39,41,43-47H2,1-2H3/b7-5-,8-6-,13-11-,14-12-,19-17-,22-21-,25-24-,30-18-,36-34-,42-40-. The van der Waals surface area contributed by atoms with Gasteiger partial charge in [-0.1, -0.05) is 187 Å². The summed E-state index contributed by atoms with van der Waals surface area (Å²) in [5.41, 5.74) is 0. The lowest BCUT2D eigenvalue weighted by atomic mass is 10.1. The molecular formula is C49H78O4. The fourth-order valence-electron chi connectivity index (χ4n) is 5.25. The second-order valence-electron chi connectivity index (χ2n) is 13.3. The highest BCUT2D eigenvalue weighted by molar-refractivity contribution is 5.71. The van der Waals surface area contributed by atoms with Gasteiger partial charge in [-0.15, -0.1) is 0 Å². The minimum atomic E-state index is -0.600. The number of aliphatic hydroxyl groups excluding tert-OH is 1. The van der Waals surface area contributed by atoms with Crippen molar-refractivity contribution in [2.45, 2.75) is 161 Å². The van der Waals surface area contributed by atoms with Gasteiger partial charge in [0.15, 0.2) is 0 Å². The Kier molecular flexibility index (Phi) is 42.2. The number of hydrogen-bond acceptors (Lipinski definition) is 4. The average molecular weight is 731 g/mol. The van der Waals surface area contributed by atoms with E-state index in [2.05, 4.69) is 123 Å². The van der Waals surface area contributed by atoms with E-state index >= 15 is 0 Å². The molecule has 4 nitrogen and oxygen atoms in total. The minimum absolute atomic E-state index is 0.203. The summed E-state index contributed by atoms with van der Waals surface area (Å²) in [5, 5.41) is 9.57. The summed E-state index contributed by atoms with van der Waals surface area (Å²) in [6.45, 7) is 4.97. The van der Waals surface area contributed by atoms with E-state index in [1.807, 2.05) is 12.2 Å². The van der Waals surface area contributed by atoms with Crippen molar-refractivity contribution in [3.63, 3.8) is 0 Å². The molecule has 1 N–H and O–H groups in total. The summed E-state index contributed by atoms with van der Waals surface area (Å²) in [5.74, 6) is -0.334. The van der Waals surface area contributed by atoms with E-state index < -0.39 is 6.10 Å². The number of hydrogen-bond donors (Lipinski definition) is 1. The highest BCUT2D eigenvalue weighted by Crippen LogP contribution is 2.12. The van der Waals surface area contributed by atoms with E-state index in [1.165, 1.54) is 57.8 Å². The molecule has 1 atom stereocenters. The number of esters is 1. The van der Waals surface area contributed by atoms with Crippen molar-refractivity contribution >= 4 is 5.97 Å². The van der Waals surface area contributed by atoms with Crippen LogP contribution < -0.4 is 0 Å². The van der Waals surface area contributed by atoms with Crippen molar-refractivity contribution in [1.82, 2.24) is 0 Å². The molecule has 4 heteroatoms. The molecule has 0 rings (SSSR count). The summed E-state index contributed by atoms with van der Waals surface area (Å²) in [7, 11) is 0. The third kappa shape index (κ3) is 43.1. The number of carbonyl (C=O) groups is 1. The molecule has 0 bridgehead atoms. The molecular weight excluding hydrogens is 653 g/mol. The van der Waals surface area contributed by atoms with Gasteiger partial charge in [-0.25, -0.2) is 0 Å². The van der Waals surface area contributed by atoms with Crippen molar-refractivity contribution in [3.8, 4) is 0 Å². The SMILES string of the molecule is CC/C=C\C/C=C\C/C=C\C/C=C\C/C=C\CCCCCCCCCCCCOCC(CO)OC(=O)C/C=C\C/C=C\C/C=C\C/C=C\C/C=C\CC. The summed E-state index contributed by atoms with van der Waals surface area (Å²) in [4.78, 5) is 12.1. The van der Waals surface area contributed by atoms with Gasteiger partial charge in [-0.2, -0.15) is 0 Å². The van der Waals surface area contributed by atoms with Gasteiger partial charge in [0.05, 0.1) is 19.6 Å². The van der Waals surface area contributed by atoms with Crippen molar-refractivity contribution in [2.75, 3.05) is 19.8 Å². The second kappa shape index (κ2) is 44.9. The molecule has 0 aromatic heterocycles. The molecule has 0 radical (unpaired) electrons. The molecule has 0 aromatic rings. The highest BCUT2D eigenvalue weighted by Gasteiger charge is 2.12. The van der Waals surface area contributed by atoms with E-state index in [0.29, 0.717) is 6.61 Å². The Labute approximate surface area is 327 Å².